The zero-order chi connectivity index (χ0) is 23.5. The average molecular weight is 472 g/mol. The van der Waals surface area contributed by atoms with E-state index in [4.69, 9.17) is 4.42 Å². The molecule has 0 bridgehead atoms. The second-order valence-electron chi connectivity index (χ2n) is 8.78. The van der Waals surface area contributed by atoms with E-state index in [2.05, 4.69) is 17.1 Å². The summed E-state index contributed by atoms with van der Waals surface area (Å²) in [4.78, 5) is 15.3. The third-order valence-corrected chi connectivity index (χ3v) is 7.77. The molecule has 33 heavy (non-hydrogen) atoms. The van der Waals surface area contributed by atoms with Crippen molar-refractivity contribution in [2.45, 2.75) is 31.8 Å². The van der Waals surface area contributed by atoms with Gasteiger partial charge in [-0.05, 0) is 55.7 Å². The molecule has 3 aromatic rings. The van der Waals surface area contributed by atoms with Gasteiger partial charge in [-0.3, -0.25) is 14.0 Å². The molecule has 1 aromatic heterocycles. The Balaban J connectivity index is 1.78. The third-order valence-electron chi connectivity index (χ3n) is 6.59. The van der Waals surface area contributed by atoms with E-state index >= 15 is 0 Å². The van der Waals surface area contributed by atoms with Crippen LogP contribution in [-0.2, 0) is 10.0 Å². The van der Waals surface area contributed by atoms with Crippen molar-refractivity contribution in [1.29, 1.82) is 0 Å². The Labute approximate surface area is 192 Å². The molecular formula is C24H26FN3O4S. The van der Waals surface area contributed by atoms with Crippen molar-refractivity contribution in [1.82, 2.24) is 10.2 Å². The van der Waals surface area contributed by atoms with Crippen molar-refractivity contribution in [3.63, 3.8) is 0 Å². The largest absolute Gasteiger partial charge is 0.455 e. The summed E-state index contributed by atoms with van der Waals surface area (Å²) in [6.45, 7) is 3.07. The summed E-state index contributed by atoms with van der Waals surface area (Å²) in [7, 11) is -1.98. The van der Waals surface area contributed by atoms with Crippen LogP contribution in [0.4, 0.5) is 10.1 Å². The van der Waals surface area contributed by atoms with E-state index in [1.807, 2.05) is 6.07 Å². The van der Waals surface area contributed by atoms with Gasteiger partial charge in [0.15, 0.2) is 0 Å². The Morgan fingerprint density at radius 1 is 1.15 bits per heavy atom. The van der Waals surface area contributed by atoms with Gasteiger partial charge in [0.2, 0.25) is 10.0 Å². The minimum atomic E-state index is -3.52. The number of furan rings is 1. The molecular weight excluding hydrogens is 445 g/mol. The highest BCUT2D eigenvalue weighted by molar-refractivity contribution is 7.92. The molecule has 0 saturated heterocycles. The van der Waals surface area contributed by atoms with Gasteiger partial charge in [0.05, 0.1) is 17.5 Å². The number of fused-ring (bicyclic) bond motifs is 2. The molecule has 1 atom stereocenters. The van der Waals surface area contributed by atoms with Gasteiger partial charge in [-0.1, -0.05) is 0 Å². The van der Waals surface area contributed by atoms with Crippen LogP contribution in [-0.4, -0.2) is 51.7 Å². The summed E-state index contributed by atoms with van der Waals surface area (Å²) in [5.74, 6) is -0.392. The fourth-order valence-electron chi connectivity index (χ4n) is 4.80. The number of carbonyl (C=O) groups is 1. The number of nitrogens with zero attached hydrogens (tertiary/aromatic N) is 2. The van der Waals surface area contributed by atoms with Crippen LogP contribution in [0.1, 0.15) is 41.7 Å². The summed E-state index contributed by atoms with van der Waals surface area (Å²) in [6.07, 6.45) is 3.41. The summed E-state index contributed by atoms with van der Waals surface area (Å²) >= 11 is 0. The highest BCUT2D eigenvalue weighted by atomic mass is 32.2. The van der Waals surface area contributed by atoms with Crippen molar-refractivity contribution in [3.8, 4) is 11.3 Å². The van der Waals surface area contributed by atoms with Crippen molar-refractivity contribution in [2.24, 2.45) is 0 Å². The molecule has 1 aliphatic carbocycles. The van der Waals surface area contributed by atoms with Gasteiger partial charge in [-0.2, -0.15) is 0 Å². The van der Waals surface area contributed by atoms with Gasteiger partial charge < -0.3 is 9.73 Å². The summed E-state index contributed by atoms with van der Waals surface area (Å²) in [5, 5.41) is 3.27. The van der Waals surface area contributed by atoms with Crippen molar-refractivity contribution in [3.05, 3.63) is 53.3 Å². The van der Waals surface area contributed by atoms with Crippen molar-refractivity contribution in [2.75, 3.05) is 30.7 Å². The summed E-state index contributed by atoms with van der Waals surface area (Å²) < 4.78 is 46.4. The second kappa shape index (κ2) is 7.85. The lowest BCUT2D eigenvalue weighted by atomic mass is 9.99. The van der Waals surface area contributed by atoms with E-state index < -0.39 is 10.0 Å². The van der Waals surface area contributed by atoms with Gasteiger partial charge >= 0.3 is 0 Å². The molecule has 5 rings (SSSR count). The molecule has 9 heteroatoms. The Morgan fingerprint density at radius 2 is 1.85 bits per heavy atom. The SMILES string of the molecule is CNC(=O)c1c(-c2ccc(F)cc2)oc2cc3c(cc12)C(C)N(C1CC1)CCN3S(C)(=O)=O. The van der Waals surface area contributed by atoms with Gasteiger partial charge in [-0.15, -0.1) is 0 Å². The van der Waals surface area contributed by atoms with E-state index in [-0.39, 0.29) is 17.8 Å². The molecule has 1 amide bonds. The number of anilines is 1. The molecule has 2 aliphatic rings. The lowest BCUT2D eigenvalue weighted by molar-refractivity contribution is 0.0964. The quantitative estimate of drug-likeness (QED) is 0.624. The Bertz CT molecular complexity index is 1350. The number of amides is 1. The lowest BCUT2D eigenvalue weighted by Crippen LogP contribution is -2.36. The Hall–Kier alpha value is -2.91. The van der Waals surface area contributed by atoms with E-state index in [1.54, 1.807) is 25.2 Å². The number of carbonyl (C=O) groups excluding carboxylic acids is 1. The molecule has 1 fully saturated rings. The average Bonchev–Trinajstić information content (AvgIpc) is 3.55. The molecule has 0 radical (unpaired) electrons. The summed E-state index contributed by atoms with van der Waals surface area (Å²) in [5.41, 5.74) is 2.74. The molecule has 174 valence electrons. The molecule has 7 nitrogen and oxygen atoms in total. The standard InChI is InChI=1S/C24H26FN3O4S/c1-14-18-12-19-21(13-20(18)28(33(3,30)31)11-10-27(14)17-8-9-17)32-23(22(19)24(29)26-2)15-4-6-16(25)7-5-15/h4-7,12-14,17H,8-11H2,1-3H3,(H,26,29). The normalized spacial score (nSPS) is 19.4. The second-order valence-corrected chi connectivity index (χ2v) is 10.7. The van der Waals surface area contributed by atoms with Crippen LogP contribution >= 0.6 is 0 Å². The predicted molar refractivity (Wildman–Crippen MR) is 125 cm³/mol. The highest BCUT2D eigenvalue weighted by Gasteiger charge is 2.38. The monoisotopic (exact) mass is 471 g/mol. The van der Waals surface area contributed by atoms with Crippen LogP contribution in [0.25, 0.3) is 22.3 Å². The number of hydrogen-bond donors (Lipinski definition) is 1. The van der Waals surface area contributed by atoms with Gasteiger partial charge in [-0.25, -0.2) is 12.8 Å². The van der Waals surface area contributed by atoms with Gasteiger partial charge in [0.1, 0.15) is 17.2 Å². The lowest BCUT2D eigenvalue weighted by Gasteiger charge is -2.27. The maximum Gasteiger partial charge on any atom is 0.255 e. The van der Waals surface area contributed by atoms with E-state index in [0.717, 1.165) is 18.4 Å². The van der Waals surface area contributed by atoms with E-state index in [0.29, 0.717) is 52.7 Å². The number of halogens is 1. The zero-order valence-corrected chi connectivity index (χ0v) is 19.6. The highest BCUT2D eigenvalue weighted by Crippen LogP contribution is 2.44. The molecule has 1 unspecified atom stereocenters. The minimum absolute atomic E-state index is 0.0228. The Kier molecular flexibility index (Phi) is 5.21. The first-order valence-corrected chi connectivity index (χ1v) is 12.9. The number of hydrogen-bond acceptors (Lipinski definition) is 5. The number of sulfonamides is 1. The van der Waals surface area contributed by atoms with Crippen LogP contribution in [0.2, 0.25) is 0 Å². The fourth-order valence-corrected chi connectivity index (χ4v) is 5.73. The van der Waals surface area contributed by atoms with Crippen molar-refractivity contribution >= 4 is 32.6 Å². The first-order chi connectivity index (χ1) is 15.7. The number of benzene rings is 2. The third kappa shape index (κ3) is 3.79. The maximum absolute atomic E-state index is 13.5. The number of nitrogens with one attached hydrogen (secondary N) is 1. The molecule has 2 heterocycles. The first-order valence-electron chi connectivity index (χ1n) is 11.0. The van der Waals surface area contributed by atoms with Crippen molar-refractivity contribution < 1.29 is 22.0 Å². The van der Waals surface area contributed by atoms with Gasteiger partial charge in [0, 0.05) is 49.2 Å². The van der Waals surface area contributed by atoms with Gasteiger partial charge in [0.25, 0.3) is 5.91 Å². The maximum atomic E-state index is 13.5. The first kappa shape index (κ1) is 21.9. The van der Waals surface area contributed by atoms with Crippen LogP contribution in [0.15, 0.2) is 40.8 Å². The number of rotatable bonds is 4. The molecule has 1 N–H and O–H groups in total. The topological polar surface area (TPSA) is 82.9 Å². The summed E-state index contributed by atoms with van der Waals surface area (Å²) in [6, 6.07) is 9.77. The molecule has 1 saturated carbocycles. The smallest absolute Gasteiger partial charge is 0.255 e. The van der Waals surface area contributed by atoms with E-state index in [9.17, 15) is 17.6 Å². The van der Waals surface area contributed by atoms with E-state index in [1.165, 1.54) is 22.7 Å². The molecule has 2 aromatic carbocycles. The fraction of sp³-hybridized carbons (Fsp3) is 0.375. The van der Waals surface area contributed by atoms with Crippen LogP contribution in [0, 0.1) is 5.82 Å². The molecule has 0 spiro atoms. The zero-order valence-electron chi connectivity index (χ0n) is 18.8. The van der Waals surface area contributed by atoms with Crippen LogP contribution in [0.5, 0.6) is 0 Å². The molecule has 1 aliphatic heterocycles. The van der Waals surface area contributed by atoms with Crippen LogP contribution in [0.3, 0.4) is 0 Å². The van der Waals surface area contributed by atoms with Crippen LogP contribution < -0.4 is 9.62 Å². The Morgan fingerprint density at radius 3 is 2.45 bits per heavy atom. The minimum Gasteiger partial charge on any atom is -0.455 e. The predicted octanol–water partition coefficient (Wildman–Crippen LogP) is 3.90.